The van der Waals surface area contributed by atoms with Crippen molar-refractivity contribution in [2.24, 2.45) is 0 Å². The van der Waals surface area contributed by atoms with Crippen molar-refractivity contribution in [3.63, 3.8) is 0 Å². The number of para-hydroxylation sites is 2. The number of benzene rings is 2. The van der Waals surface area contributed by atoms with E-state index in [-0.39, 0.29) is 6.10 Å². The highest BCUT2D eigenvalue weighted by molar-refractivity contribution is 5.56. The van der Waals surface area contributed by atoms with E-state index >= 15 is 0 Å². The van der Waals surface area contributed by atoms with Crippen LogP contribution in [0.4, 0.5) is 5.69 Å². The van der Waals surface area contributed by atoms with E-state index in [1.165, 1.54) is 0 Å². The zero-order chi connectivity index (χ0) is 17.9. The van der Waals surface area contributed by atoms with Crippen LogP contribution in [0.25, 0.3) is 0 Å². The lowest BCUT2D eigenvalue weighted by Crippen LogP contribution is -2.23. The molecule has 1 atom stereocenters. The van der Waals surface area contributed by atoms with Crippen molar-refractivity contribution in [1.29, 1.82) is 0 Å². The molecule has 2 aromatic carbocycles. The topological polar surface area (TPSA) is 49.0 Å². The minimum Gasteiger partial charge on any atom is -0.497 e. The van der Waals surface area contributed by atoms with Crippen LogP contribution in [-0.4, -0.2) is 39.6 Å². The minimum atomic E-state index is 0.00451. The lowest BCUT2D eigenvalue weighted by molar-refractivity contribution is 0.110. The van der Waals surface area contributed by atoms with Crippen molar-refractivity contribution < 1.29 is 18.9 Å². The van der Waals surface area contributed by atoms with Gasteiger partial charge in [-0.1, -0.05) is 12.1 Å². The van der Waals surface area contributed by atoms with Gasteiger partial charge in [0.1, 0.15) is 30.0 Å². The highest BCUT2D eigenvalue weighted by atomic mass is 16.5. The normalized spacial score (nSPS) is 11.6. The highest BCUT2D eigenvalue weighted by Gasteiger charge is 2.07. The highest BCUT2D eigenvalue weighted by Crippen LogP contribution is 2.24. The molecule has 1 N–H and O–H groups in total. The van der Waals surface area contributed by atoms with Gasteiger partial charge < -0.3 is 24.3 Å². The zero-order valence-electron chi connectivity index (χ0n) is 15.2. The summed E-state index contributed by atoms with van der Waals surface area (Å²) >= 11 is 0. The van der Waals surface area contributed by atoms with Crippen LogP contribution in [0, 0.1) is 0 Å². The molecule has 0 aliphatic rings. The molecule has 0 fully saturated rings. The van der Waals surface area contributed by atoms with Gasteiger partial charge in [-0.05, 0) is 50.2 Å². The predicted octanol–water partition coefficient (Wildman–Crippen LogP) is 3.99. The first-order valence-electron chi connectivity index (χ1n) is 8.57. The van der Waals surface area contributed by atoms with Gasteiger partial charge in [0.15, 0.2) is 0 Å². The van der Waals surface area contributed by atoms with Crippen LogP contribution in [0.5, 0.6) is 17.2 Å². The molecule has 0 amide bonds. The zero-order valence-corrected chi connectivity index (χ0v) is 15.2. The molecular weight excluding hydrogens is 318 g/mol. The predicted molar refractivity (Wildman–Crippen MR) is 100 cm³/mol. The smallest absolute Gasteiger partial charge is 0.142 e. The molecule has 136 valence electrons. The third-order valence-electron chi connectivity index (χ3n) is 3.55. The Morgan fingerprint density at radius 2 is 1.68 bits per heavy atom. The minimum absolute atomic E-state index is 0.00451. The summed E-state index contributed by atoms with van der Waals surface area (Å²) in [5.74, 6) is 2.45. The molecule has 0 saturated heterocycles. The summed E-state index contributed by atoms with van der Waals surface area (Å²) in [5, 5.41) is 3.38. The maximum absolute atomic E-state index is 5.91. The quantitative estimate of drug-likeness (QED) is 0.624. The molecule has 5 nitrogen and oxygen atoms in total. The Bertz CT molecular complexity index is 615. The van der Waals surface area contributed by atoms with Crippen LogP contribution in [0.1, 0.15) is 13.8 Å². The monoisotopic (exact) mass is 345 g/mol. The Kier molecular flexibility index (Phi) is 7.92. The lowest BCUT2D eigenvalue weighted by atomic mass is 10.2. The molecule has 0 bridgehead atoms. The number of hydrogen-bond donors (Lipinski definition) is 1. The van der Waals surface area contributed by atoms with Crippen molar-refractivity contribution >= 4 is 5.69 Å². The van der Waals surface area contributed by atoms with Crippen LogP contribution >= 0.6 is 0 Å². The van der Waals surface area contributed by atoms with Crippen molar-refractivity contribution in [3.05, 3.63) is 48.5 Å². The standard InChI is InChI=1S/C20H27NO4/c1-4-23-13-14-24-20-8-6-5-7-19(20)21-15-16(2)25-18-11-9-17(22-3)10-12-18/h5-12,16,21H,4,13-15H2,1-3H3. The van der Waals surface area contributed by atoms with Gasteiger partial charge in [-0.2, -0.15) is 0 Å². The molecule has 0 aliphatic carbocycles. The van der Waals surface area contributed by atoms with Crippen LogP contribution in [0.15, 0.2) is 48.5 Å². The van der Waals surface area contributed by atoms with Gasteiger partial charge in [0.25, 0.3) is 0 Å². The third-order valence-corrected chi connectivity index (χ3v) is 3.55. The first-order chi connectivity index (χ1) is 12.2. The number of nitrogens with one attached hydrogen (secondary N) is 1. The van der Waals surface area contributed by atoms with Gasteiger partial charge >= 0.3 is 0 Å². The maximum Gasteiger partial charge on any atom is 0.142 e. The van der Waals surface area contributed by atoms with Crippen LogP contribution < -0.4 is 19.5 Å². The summed E-state index contributed by atoms with van der Waals surface area (Å²) in [6.45, 7) is 6.48. The van der Waals surface area contributed by atoms with E-state index < -0.39 is 0 Å². The van der Waals surface area contributed by atoms with E-state index in [1.807, 2.05) is 62.4 Å². The molecule has 25 heavy (non-hydrogen) atoms. The van der Waals surface area contributed by atoms with Crippen LogP contribution in [0.2, 0.25) is 0 Å². The average Bonchev–Trinajstić information content (AvgIpc) is 2.65. The van der Waals surface area contributed by atoms with E-state index in [2.05, 4.69) is 5.32 Å². The number of rotatable bonds is 11. The maximum atomic E-state index is 5.91. The summed E-state index contributed by atoms with van der Waals surface area (Å²) in [6.07, 6.45) is 0.00451. The van der Waals surface area contributed by atoms with Gasteiger partial charge in [-0.15, -0.1) is 0 Å². The van der Waals surface area contributed by atoms with E-state index in [0.717, 1.165) is 22.9 Å². The molecule has 0 saturated carbocycles. The molecule has 5 heteroatoms. The van der Waals surface area contributed by atoms with Crippen LogP contribution in [-0.2, 0) is 4.74 Å². The Balaban J connectivity index is 1.83. The largest absolute Gasteiger partial charge is 0.497 e. The van der Waals surface area contributed by atoms with E-state index in [4.69, 9.17) is 18.9 Å². The average molecular weight is 345 g/mol. The van der Waals surface area contributed by atoms with Crippen molar-refractivity contribution in [3.8, 4) is 17.2 Å². The summed E-state index contributed by atoms with van der Waals surface area (Å²) < 4.78 is 22.1. The molecule has 1 unspecified atom stereocenters. The SMILES string of the molecule is CCOCCOc1ccccc1NCC(C)Oc1ccc(OC)cc1. The summed E-state index contributed by atoms with van der Waals surface area (Å²) in [6, 6.07) is 15.5. The summed E-state index contributed by atoms with van der Waals surface area (Å²) in [7, 11) is 1.65. The van der Waals surface area contributed by atoms with Gasteiger partial charge in [0.05, 0.1) is 25.9 Å². The Morgan fingerprint density at radius 3 is 2.40 bits per heavy atom. The van der Waals surface area contributed by atoms with Crippen molar-refractivity contribution in [2.45, 2.75) is 20.0 Å². The molecule has 0 radical (unpaired) electrons. The number of anilines is 1. The van der Waals surface area contributed by atoms with Crippen LogP contribution in [0.3, 0.4) is 0 Å². The third kappa shape index (κ3) is 6.55. The Morgan fingerprint density at radius 1 is 0.960 bits per heavy atom. The molecule has 2 aromatic rings. The van der Waals surface area contributed by atoms with Gasteiger partial charge in [0.2, 0.25) is 0 Å². The van der Waals surface area contributed by atoms with Gasteiger partial charge in [0, 0.05) is 6.61 Å². The van der Waals surface area contributed by atoms with Crippen molar-refractivity contribution in [1.82, 2.24) is 0 Å². The Labute approximate surface area is 149 Å². The first kappa shape index (κ1) is 18.9. The van der Waals surface area contributed by atoms with Gasteiger partial charge in [-0.3, -0.25) is 0 Å². The van der Waals surface area contributed by atoms with Gasteiger partial charge in [-0.25, -0.2) is 0 Å². The number of methoxy groups -OCH3 is 1. The molecule has 0 spiro atoms. The fourth-order valence-electron chi connectivity index (χ4n) is 2.28. The summed E-state index contributed by atoms with van der Waals surface area (Å²) in [5.41, 5.74) is 0.948. The fraction of sp³-hybridized carbons (Fsp3) is 0.400. The fourth-order valence-corrected chi connectivity index (χ4v) is 2.28. The second-order valence-corrected chi connectivity index (χ2v) is 5.53. The Hall–Kier alpha value is -2.40. The van der Waals surface area contributed by atoms with E-state index in [9.17, 15) is 0 Å². The number of ether oxygens (including phenoxy) is 4. The number of hydrogen-bond acceptors (Lipinski definition) is 5. The summed E-state index contributed by atoms with van der Waals surface area (Å²) in [4.78, 5) is 0. The van der Waals surface area contributed by atoms with E-state index in [0.29, 0.717) is 26.4 Å². The second-order valence-electron chi connectivity index (χ2n) is 5.53. The second kappa shape index (κ2) is 10.5. The first-order valence-corrected chi connectivity index (χ1v) is 8.57. The molecular formula is C20H27NO4. The lowest BCUT2D eigenvalue weighted by Gasteiger charge is -2.18. The molecule has 2 rings (SSSR count). The molecule has 0 aromatic heterocycles. The van der Waals surface area contributed by atoms with E-state index in [1.54, 1.807) is 7.11 Å². The molecule has 0 heterocycles. The molecule has 0 aliphatic heterocycles. The van der Waals surface area contributed by atoms with Crippen molar-refractivity contribution in [2.75, 3.05) is 38.8 Å².